The summed E-state index contributed by atoms with van der Waals surface area (Å²) in [5, 5.41) is 3.47. The van der Waals surface area contributed by atoms with Crippen molar-refractivity contribution >= 4 is 39.8 Å². The van der Waals surface area contributed by atoms with E-state index in [2.05, 4.69) is 5.32 Å². The van der Waals surface area contributed by atoms with Gasteiger partial charge in [0.05, 0.1) is 12.2 Å². The molecule has 1 heterocycles. The largest absolute Gasteiger partial charge is 0.462 e. The highest BCUT2D eigenvalue weighted by molar-refractivity contribution is 7.17. The maximum Gasteiger partial charge on any atom is 0.341 e. The van der Waals surface area contributed by atoms with Crippen molar-refractivity contribution in [1.82, 2.24) is 0 Å². The Balaban J connectivity index is 2.35. The molecule has 6 heteroatoms. The minimum Gasteiger partial charge on any atom is -0.462 e. The summed E-state index contributed by atoms with van der Waals surface area (Å²) in [6, 6.07) is 0. The van der Waals surface area contributed by atoms with Gasteiger partial charge in [0.25, 0.3) is 0 Å². The van der Waals surface area contributed by atoms with Crippen LogP contribution in [0, 0.1) is 0 Å². The smallest absolute Gasteiger partial charge is 0.341 e. The van der Waals surface area contributed by atoms with Crippen LogP contribution in [0.4, 0.5) is 5.00 Å². The molecule has 0 bridgehead atoms. The van der Waals surface area contributed by atoms with E-state index >= 15 is 0 Å². The van der Waals surface area contributed by atoms with Gasteiger partial charge in [-0.25, -0.2) is 4.79 Å². The molecule has 0 aliphatic heterocycles. The maximum atomic E-state index is 12.3. The molecule has 0 fully saturated rings. The fourth-order valence-corrected chi connectivity index (χ4v) is 4.17. The molecular formula is C16H22ClNO3S. The minimum atomic E-state index is -0.332. The third-order valence-corrected chi connectivity index (χ3v) is 5.12. The van der Waals surface area contributed by atoms with E-state index in [0.29, 0.717) is 17.2 Å². The third-order valence-electron chi connectivity index (χ3n) is 3.73. The number of hydrogen-bond acceptors (Lipinski definition) is 4. The summed E-state index contributed by atoms with van der Waals surface area (Å²) in [5.74, 6) is -0.220. The van der Waals surface area contributed by atoms with Crippen molar-refractivity contribution in [3.63, 3.8) is 0 Å². The molecule has 1 aromatic rings. The second-order valence-electron chi connectivity index (χ2n) is 5.33. The molecule has 1 amide bonds. The highest BCUT2D eigenvalue weighted by Gasteiger charge is 2.26. The molecule has 122 valence electrons. The van der Waals surface area contributed by atoms with Crippen LogP contribution in [0.2, 0.25) is 0 Å². The number of alkyl halides is 1. The zero-order valence-electron chi connectivity index (χ0n) is 12.9. The van der Waals surface area contributed by atoms with Gasteiger partial charge in [-0.1, -0.05) is 12.8 Å². The summed E-state index contributed by atoms with van der Waals surface area (Å²) >= 11 is 7.13. The van der Waals surface area contributed by atoms with Gasteiger partial charge in [-0.3, -0.25) is 4.79 Å². The molecule has 4 nitrogen and oxygen atoms in total. The molecule has 0 spiro atoms. The molecule has 1 aliphatic rings. The molecule has 0 saturated heterocycles. The van der Waals surface area contributed by atoms with Gasteiger partial charge in [0, 0.05) is 17.2 Å². The van der Waals surface area contributed by atoms with Crippen LogP contribution in [-0.2, 0) is 22.4 Å². The first-order valence-corrected chi connectivity index (χ1v) is 9.20. The van der Waals surface area contributed by atoms with Crippen molar-refractivity contribution in [3.05, 3.63) is 16.0 Å². The summed E-state index contributed by atoms with van der Waals surface area (Å²) in [6.07, 6.45) is 6.71. The van der Waals surface area contributed by atoms with Gasteiger partial charge in [-0.15, -0.1) is 22.9 Å². The Kier molecular flexibility index (Phi) is 6.70. The highest BCUT2D eigenvalue weighted by Crippen LogP contribution is 2.37. The standard InChI is InChI=1S/C16H22ClNO3S/c1-2-21-16(20)14-11-7-5-3-4-6-8-12(11)22-15(14)18-13(19)9-10-17/h2-10H2,1H3,(H,18,19). The molecule has 1 N–H and O–H groups in total. The molecule has 2 rings (SSSR count). The molecular weight excluding hydrogens is 322 g/mol. The van der Waals surface area contributed by atoms with Gasteiger partial charge in [0.1, 0.15) is 5.00 Å². The quantitative estimate of drug-likeness (QED) is 0.645. The summed E-state index contributed by atoms with van der Waals surface area (Å²) < 4.78 is 5.20. The van der Waals surface area contributed by atoms with Crippen LogP contribution < -0.4 is 5.32 Å². The number of aryl methyl sites for hydroxylation is 1. The number of anilines is 1. The lowest BCUT2D eigenvalue weighted by Crippen LogP contribution is -2.15. The Hall–Kier alpha value is -1.07. The van der Waals surface area contributed by atoms with Crippen LogP contribution in [0.1, 0.15) is 59.8 Å². The predicted octanol–water partition coefficient (Wildman–Crippen LogP) is 4.15. The first-order valence-electron chi connectivity index (χ1n) is 7.84. The van der Waals surface area contributed by atoms with Crippen LogP contribution in [0.3, 0.4) is 0 Å². The van der Waals surface area contributed by atoms with Crippen LogP contribution in [0.5, 0.6) is 0 Å². The van der Waals surface area contributed by atoms with Crippen molar-refractivity contribution in [2.24, 2.45) is 0 Å². The first-order chi connectivity index (χ1) is 10.7. The molecule has 1 aliphatic carbocycles. The third kappa shape index (κ3) is 4.23. The number of amides is 1. The van der Waals surface area contributed by atoms with E-state index in [1.165, 1.54) is 29.1 Å². The lowest BCUT2D eigenvalue weighted by Gasteiger charge is -2.11. The fourth-order valence-electron chi connectivity index (χ4n) is 2.70. The summed E-state index contributed by atoms with van der Waals surface area (Å²) in [6.45, 7) is 2.12. The number of ether oxygens (including phenoxy) is 1. The summed E-state index contributed by atoms with van der Waals surface area (Å²) in [7, 11) is 0. The van der Waals surface area contributed by atoms with E-state index in [9.17, 15) is 9.59 Å². The molecule has 0 atom stereocenters. The summed E-state index contributed by atoms with van der Waals surface area (Å²) in [4.78, 5) is 25.4. The summed E-state index contributed by atoms with van der Waals surface area (Å²) in [5.41, 5.74) is 1.64. The van der Waals surface area contributed by atoms with E-state index in [-0.39, 0.29) is 24.2 Å². The number of nitrogens with one attached hydrogen (secondary N) is 1. The van der Waals surface area contributed by atoms with E-state index in [0.717, 1.165) is 31.2 Å². The Morgan fingerprint density at radius 3 is 2.64 bits per heavy atom. The zero-order valence-corrected chi connectivity index (χ0v) is 14.4. The van der Waals surface area contributed by atoms with Crippen LogP contribution in [0.25, 0.3) is 0 Å². The molecule has 0 unspecified atom stereocenters. The number of halogens is 1. The molecule has 0 saturated carbocycles. The molecule has 1 aromatic heterocycles. The van der Waals surface area contributed by atoms with Crippen LogP contribution in [0.15, 0.2) is 0 Å². The Morgan fingerprint density at radius 2 is 1.95 bits per heavy atom. The molecule has 22 heavy (non-hydrogen) atoms. The number of carbonyl (C=O) groups excluding carboxylic acids is 2. The van der Waals surface area contributed by atoms with Crippen LogP contribution in [-0.4, -0.2) is 24.4 Å². The number of carbonyl (C=O) groups is 2. The lowest BCUT2D eigenvalue weighted by molar-refractivity contribution is -0.115. The van der Waals surface area contributed by atoms with Crippen molar-refractivity contribution in [2.45, 2.75) is 51.9 Å². The van der Waals surface area contributed by atoms with Gasteiger partial charge >= 0.3 is 5.97 Å². The highest BCUT2D eigenvalue weighted by atomic mass is 35.5. The van der Waals surface area contributed by atoms with Gasteiger partial charge in [-0.05, 0) is 38.2 Å². The second-order valence-corrected chi connectivity index (χ2v) is 6.81. The van der Waals surface area contributed by atoms with Gasteiger partial charge in [-0.2, -0.15) is 0 Å². The van der Waals surface area contributed by atoms with Gasteiger partial charge in [0.15, 0.2) is 0 Å². The number of esters is 1. The lowest BCUT2D eigenvalue weighted by atomic mass is 9.96. The average Bonchev–Trinajstić information content (AvgIpc) is 2.76. The monoisotopic (exact) mass is 343 g/mol. The number of thiophene rings is 1. The van der Waals surface area contributed by atoms with Crippen molar-refractivity contribution in [1.29, 1.82) is 0 Å². The number of rotatable bonds is 5. The number of fused-ring (bicyclic) bond motifs is 1. The maximum absolute atomic E-state index is 12.3. The Bertz CT molecular complexity index is 542. The zero-order chi connectivity index (χ0) is 15.9. The van der Waals surface area contributed by atoms with Crippen LogP contribution >= 0.6 is 22.9 Å². The van der Waals surface area contributed by atoms with Crippen molar-refractivity contribution in [3.8, 4) is 0 Å². The minimum absolute atomic E-state index is 0.158. The Morgan fingerprint density at radius 1 is 1.23 bits per heavy atom. The van der Waals surface area contributed by atoms with E-state index < -0.39 is 0 Å². The van der Waals surface area contributed by atoms with E-state index in [4.69, 9.17) is 16.3 Å². The first kappa shape index (κ1) is 17.3. The predicted molar refractivity (Wildman–Crippen MR) is 90.1 cm³/mol. The van der Waals surface area contributed by atoms with E-state index in [1.54, 1.807) is 6.92 Å². The van der Waals surface area contributed by atoms with E-state index in [1.807, 2.05) is 0 Å². The van der Waals surface area contributed by atoms with Crippen molar-refractivity contribution in [2.75, 3.05) is 17.8 Å². The number of hydrogen-bond donors (Lipinski definition) is 1. The Labute approximate surface area is 140 Å². The normalized spacial score (nSPS) is 14.6. The average molecular weight is 344 g/mol. The van der Waals surface area contributed by atoms with Gasteiger partial charge in [0.2, 0.25) is 5.91 Å². The molecule has 0 aromatic carbocycles. The second kappa shape index (κ2) is 8.53. The van der Waals surface area contributed by atoms with Gasteiger partial charge < -0.3 is 10.1 Å². The SMILES string of the molecule is CCOC(=O)c1c(NC(=O)CCCl)sc2c1CCCCCC2. The topological polar surface area (TPSA) is 55.4 Å². The molecule has 0 radical (unpaired) electrons. The van der Waals surface area contributed by atoms with Crippen molar-refractivity contribution < 1.29 is 14.3 Å². The fraction of sp³-hybridized carbons (Fsp3) is 0.625.